The van der Waals surface area contributed by atoms with Gasteiger partial charge in [-0.25, -0.2) is 0 Å². The van der Waals surface area contributed by atoms with Crippen LogP contribution in [-0.4, -0.2) is 44.3 Å². The van der Waals surface area contributed by atoms with Gasteiger partial charge in [0.15, 0.2) is 6.29 Å². The molecule has 0 aliphatic carbocycles. The molecule has 16 heavy (non-hydrogen) atoms. The maximum absolute atomic E-state index is 11.5. The van der Waals surface area contributed by atoms with Crippen LogP contribution in [0.4, 0.5) is 0 Å². The van der Waals surface area contributed by atoms with E-state index in [0.29, 0.717) is 19.6 Å². The number of carbonyl (C=O) groups is 1. The average Bonchev–Trinajstić information content (AvgIpc) is 3.01. The summed E-state index contributed by atoms with van der Waals surface area (Å²) in [4.78, 5) is 11.5. The number of ether oxygens (including phenoxy) is 4. The molecule has 88 valence electrons. The third kappa shape index (κ3) is 1.32. The highest BCUT2D eigenvalue weighted by molar-refractivity contribution is 5.74. The summed E-state index contributed by atoms with van der Waals surface area (Å²) in [6.07, 6.45) is 3.85. The van der Waals surface area contributed by atoms with Gasteiger partial charge >= 0.3 is 5.97 Å². The van der Waals surface area contributed by atoms with E-state index in [-0.39, 0.29) is 24.3 Å². The van der Waals surface area contributed by atoms with Gasteiger partial charge in [0.05, 0.1) is 32.3 Å². The number of methoxy groups -OCH3 is 1. The van der Waals surface area contributed by atoms with Crippen molar-refractivity contribution in [1.82, 2.24) is 0 Å². The Morgan fingerprint density at radius 3 is 2.88 bits per heavy atom. The lowest BCUT2D eigenvalue weighted by molar-refractivity contribution is -0.164. The van der Waals surface area contributed by atoms with Crippen LogP contribution in [-0.2, 0) is 23.7 Å². The topological polar surface area (TPSA) is 54.0 Å². The lowest BCUT2D eigenvalue weighted by Crippen LogP contribution is -2.40. The van der Waals surface area contributed by atoms with Crippen molar-refractivity contribution in [3.8, 4) is 0 Å². The molecule has 0 amide bonds. The fourth-order valence-electron chi connectivity index (χ4n) is 2.62. The number of esters is 1. The van der Waals surface area contributed by atoms with Crippen LogP contribution in [0, 0.1) is 5.92 Å². The number of fused-ring (bicyclic) bond motifs is 2. The van der Waals surface area contributed by atoms with Gasteiger partial charge in [-0.2, -0.15) is 0 Å². The van der Waals surface area contributed by atoms with Crippen molar-refractivity contribution in [3.05, 3.63) is 12.2 Å². The molecular formula is C11H14O5. The predicted octanol–water partition coefficient (Wildman–Crippen LogP) is 0.246. The average molecular weight is 226 g/mol. The van der Waals surface area contributed by atoms with Gasteiger partial charge in [-0.3, -0.25) is 4.79 Å². The lowest BCUT2D eigenvalue weighted by atomic mass is 9.86. The second-order valence-electron chi connectivity index (χ2n) is 4.30. The fourth-order valence-corrected chi connectivity index (χ4v) is 2.62. The Morgan fingerprint density at radius 2 is 2.19 bits per heavy atom. The Labute approximate surface area is 93.3 Å². The largest absolute Gasteiger partial charge is 0.469 e. The highest BCUT2D eigenvalue weighted by atomic mass is 16.7. The summed E-state index contributed by atoms with van der Waals surface area (Å²) in [5.74, 6) is -0.461. The number of carbonyl (C=O) groups excluding carboxylic acids is 1. The molecule has 0 saturated carbocycles. The molecule has 0 spiro atoms. The molecule has 3 heterocycles. The van der Waals surface area contributed by atoms with E-state index in [0.717, 1.165) is 0 Å². The summed E-state index contributed by atoms with van der Waals surface area (Å²) in [7, 11) is 1.40. The zero-order valence-corrected chi connectivity index (χ0v) is 9.05. The lowest BCUT2D eigenvalue weighted by Gasteiger charge is -2.27. The van der Waals surface area contributed by atoms with Gasteiger partial charge in [0.25, 0.3) is 0 Å². The van der Waals surface area contributed by atoms with Crippen LogP contribution >= 0.6 is 0 Å². The first-order chi connectivity index (χ1) is 7.75. The van der Waals surface area contributed by atoms with E-state index in [4.69, 9.17) is 18.9 Å². The van der Waals surface area contributed by atoms with Crippen LogP contribution < -0.4 is 0 Å². The molecular weight excluding hydrogens is 212 g/mol. The van der Waals surface area contributed by atoms with Gasteiger partial charge in [-0.05, 0) is 6.08 Å². The van der Waals surface area contributed by atoms with Crippen LogP contribution in [0.5, 0.6) is 0 Å². The quantitative estimate of drug-likeness (QED) is 0.499. The smallest absolute Gasteiger partial charge is 0.311 e. The Kier molecular flexibility index (Phi) is 2.27. The van der Waals surface area contributed by atoms with E-state index in [1.165, 1.54) is 7.11 Å². The molecule has 0 aromatic rings. The molecule has 5 heteroatoms. The molecule has 2 bridgehead atoms. The summed E-state index contributed by atoms with van der Waals surface area (Å²) in [6, 6.07) is 0. The molecule has 0 aromatic carbocycles. The summed E-state index contributed by atoms with van der Waals surface area (Å²) in [6.45, 7) is 1.16. The zero-order chi connectivity index (χ0) is 11.2. The maximum atomic E-state index is 11.5. The zero-order valence-electron chi connectivity index (χ0n) is 9.05. The number of hydrogen-bond donors (Lipinski definition) is 0. The number of rotatable bonds is 2. The van der Waals surface area contributed by atoms with E-state index < -0.39 is 5.60 Å². The summed E-state index contributed by atoms with van der Waals surface area (Å²) >= 11 is 0. The normalized spacial score (nSPS) is 41.8. The fraction of sp³-hybridized carbons (Fsp3) is 0.727. The van der Waals surface area contributed by atoms with Crippen molar-refractivity contribution in [3.63, 3.8) is 0 Å². The third-order valence-corrected chi connectivity index (χ3v) is 3.38. The monoisotopic (exact) mass is 226 g/mol. The molecule has 3 aliphatic heterocycles. The van der Waals surface area contributed by atoms with Crippen molar-refractivity contribution in [2.75, 3.05) is 20.3 Å². The summed E-state index contributed by atoms with van der Waals surface area (Å²) < 4.78 is 21.5. The van der Waals surface area contributed by atoms with E-state index >= 15 is 0 Å². The predicted molar refractivity (Wildman–Crippen MR) is 52.6 cm³/mol. The van der Waals surface area contributed by atoms with Crippen LogP contribution in [0.1, 0.15) is 6.42 Å². The molecule has 5 nitrogen and oxygen atoms in total. The molecule has 2 saturated heterocycles. The van der Waals surface area contributed by atoms with Crippen molar-refractivity contribution < 1.29 is 23.7 Å². The van der Waals surface area contributed by atoms with Crippen LogP contribution in [0.15, 0.2) is 12.2 Å². The minimum Gasteiger partial charge on any atom is -0.469 e. The first-order valence-corrected chi connectivity index (χ1v) is 5.43. The molecule has 3 aliphatic rings. The molecule has 2 fully saturated rings. The van der Waals surface area contributed by atoms with E-state index in [9.17, 15) is 4.79 Å². The minimum absolute atomic E-state index is 0.194. The highest BCUT2D eigenvalue weighted by Crippen LogP contribution is 2.46. The van der Waals surface area contributed by atoms with Gasteiger partial charge < -0.3 is 18.9 Å². The van der Waals surface area contributed by atoms with Gasteiger partial charge in [0.2, 0.25) is 0 Å². The molecule has 1 unspecified atom stereocenters. The van der Waals surface area contributed by atoms with Crippen molar-refractivity contribution in [1.29, 1.82) is 0 Å². The first kappa shape index (κ1) is 10.3. The summed E-state index contributed by atoms with van der Waals surface area (Å²) in [5, 5.41) is 0. The van der Waals surface area contributed by atoms with Gasteiger partial charge in [-0.1, -0.05) is 6.08 Å². The molecule has 3 atom stereocenters. The van der Waals surface area contributed by atoms with Gasteiger partial charge in [-0.15, -0.1) is 0 Å². The van der Waals surface area contributed by atoms with E-state index in [1.54, 1.807) is 0 Å². The van der Waals surface area contributed by atoms with Crippen LogP contribution in [0.3, 0.4) is 0 Å². The Morgan fingerprint density at radius 1 is 1.44 bits per heavy atom. The Bertz CT molecular complexity index is 333. The van der Waals surface area contributed by atoms with Crippen LogP contribution in [0.2, 0.25) is 0 Å². The first-order valence-electron chi connectivity index (χ1n) is 5.43. The van der Waals surface area contributed by atoms with Crippen molar-refractivity contribution >= 4 is 5.97 Å². The molecule has 0 radical (unpaired) electrons. The maximum Gasteiger partial charge on any atom is 0.311 e. The van der Waals surface area contributed by atoms with E-state index in [1.807, 2.05) is 12.2 Å². The SMILES string of the molecule is COC(=O)[C@H]1C[C@]2(C3OCCO3)C=CC1O2. The molecule has 0 N–H and O–H groups in total. The van der Waals surface area contributed by atoms with Gasteiger partial charge in [0, 0.05) is 6.42 Å². The van der Waals surface area contributed by atoms with E-state index in [2.05, 4.69) is 0 Å². The molecule has 0 aromatic heterocycles. The third-order valence-electron chi connectivity index (χ3n) is 3.38. The second kappa shape index (κ2) is 3.55. The number of hydrogen-bond acceptors (Lipinski definition) is 5. The molecule has 3 rings (SSSR count). The standard InChI is InChI=1S/C11H14O5/c1-13-9(12)7-6-11(3-2-8(7)16-11)10-14-4-5-15-10/h2-3,7-8,10H,4-6H2,1H3/t7-,8?,11-/m0/s1. The Balaban J connectivity index is 1.80. The minimum atomic E-state index is -0.583. The van der Waals surface area contributed by atoms with Crippen molar-refractivity contribution in [2.24, 2.45) is 5.92 Å². The van der Waals surface area contributed by atoms with Crippen molar-refractivity contribution in [2.45, 2.75) is 24.4 Å². The van der Waals surface area contributed by atoms with Gasteiger partial charge in [0.1, 0.15) is 5.60 Å². The Hall–Kier alpha value is -0.910. The second-order valence-corrected chi connectivity index (χ2v) is 4.30. The highest BCUT2D eigenvalue weighted by Gasteiger charge is 2.57. The summed E-state index contributed by atoms with van der Waals surface area (Å²) in [5.41, 5.74) is -0.583. The van der Waals surface area contributed by atoms with Crippen LogP contribution in [0.25, 0.3) is 0 Å².